The lowest BCUT2D eigenvalue weighted by molar-refractivity contribution is 0.256. The molecule has 0 radical (unpaired) electrons. The molecule has 2 aromatic rings. The van der Waals surface area contributed by atoms with Crippen molar-refractivity contribution in [1.29, 1.82) is 0 Å². The molecular weight excluding hydrogens is 261 g/mol. The predicted octanol–water partition coefficient (Wildman–Crippen LogP) is 1.96. The third kappa shape index (κ3) is 3.38. The Hall–Kier alpha value is -1.73. The van der Waals surface area contributed by atoms with Gasteiger partial charge >= 0.3 is 0 Å². The zero-order valence-electron chi connectivity index (χ0n) is 9.46. The molecule has 0 saturated heterocycles. The van der Waals surface area contributed by atoms with E-state index in [1.54, 1.807) is 12.1 Å². The van der Waals surface area contributed by atoms with Crippen molar-refractivity contribution in [2.45, 2.75) is 6.61 Å². The molecule has 2 rings (SSSR count). The van der Waals surface area contributed by atoms with E-state index in [0.29, 0.717) is 11.3 Å². The molecule has 0 fully saturated rings. The fourth-order valence-electron chi connectivity index (χ4n) is 1.33. The zero-order valence-corrected chi connectivity index (χ0v) is 10.3. The van der Waals surface area contributed by atoms with Gasteiger partial charge in [0.2, 0.25) is 0 Å². The molecule has 0 saturated carbocycles. The summed E-state index contributed by atoms with van der Waals surface area (Å²) in [6.07, 6.45) is 0.941. The fraction of sp³-hybridized carbons (Fsp3) is 0.182. The van der Waals surface area contributed by atoms with E-state index in [-0.39, 0.29) is 18.2 Å². The molecule has 0 unspecified atom stereocenters. The van der Waals surface area contributed by atoms with Crippen LogP contribution in [0.4, 0.5) is 4.39 Å². The number of benzene rings is 1. The van der Waals surface area contributed by atoms with Crippen LogP contribution in [0.5, 0.6) is 0 Å². The van der Waals surface area contributed by atoms with Gasteiger partial charge < -0.3 is 4.52 Å². The van der Waals surface area contributed by atoms with Gasteiger partial charge in [0.1, 0.15) is 18.1 Å². The summed E-state index contributed by atoms with van der Waals surface area (Å²) in [4.78, 5) is 0. The maximum Gasteiger partial charge on any atom is 0.264 e. The van der Waals surface area contributed by atoms with Crippen LogP contribution in [-0.4, -0.2) is 19.8 Å². The molecule has 0 amide bonds. The first kappa shape index (κ1) is 12.7. The highest BCUT2D eigenvalue weighted by molar-refractivity contribution is 7.85. The molecule has 18 heavy (non-hydrogen) atoms. The molecular formula is C11H10FNO4S. The average Bonchev–Trinajstić information content (AvgIpc) is 2.74. The number of hydrogen-bond donors (Lipinski definition) is 0. The Morgan fingerprint density at radius 1 is 1.39 bits per heavy atom. The topological polar surface area (TPSA) is 69.4 Å². The maximum atomic E-state index is 13.0. The Balaban J connectivity index is 2.16. The highest BCUT2D eigenvalue weighted by atomic mass is 32.2. The summed E-state index contributed by atoms with van der Waals surface area (Å²) in [5, 5.41) is 3.71. The van der Waals surface area contributed by atoms with Crippen LogP contribution in [0, 0.1) is 5.82 Å². The van der Waals surface area contributed by atoms with Crippen LogP contribution >= 0.6 is 0 Å². The molecule has 5 nitrogen and oxygen atoms in total. The summed E-state index contributed by atoms with van der Waals surface area (Å²) < 4.78 is 44.0. The monoisotopic (exact) mass is 271 g/mol. The highest BCUT2D eigenvalue weighted by Crippen LogP contribution is 2.20. The van der Waals surface area contributed by atoms with E-state index in [0.717, 1.165) is 6.26 Å². The Bertz CT molecular complexity index is 651. The van der Waals surface area contributed by atoms with E-state index in [2.05, 4.69) is 9.34 Å². The minimum atomic E-state index is -3.53. The molecule has 96 valence electrons. The van der Waals surface area contributed by atoms with Crippen molar-refractivity contribution in [3.05, 3.63) is 41.9 Å². The summed E-state index contributed by atoms with van der Waals surface area (Å²) in [6, 6.07) is 7.34. The Morgan fingerprint density at radius 2 is 2.17 bits per heavy atom. The molecule has 0 aliphatic rings. The van der Waals surface area contributed by atoms with Gasteiger partial charge in [0.25, 0.3) is 10.1 Å². The van der Waals surface area contributed by atoms with Crippen molar-refractivity contribution in [1.82, 2.24) is 5.16 Å². The quantitative estimate of drug-likeness (QED) is 0.795. The Morgan fingerprint density at radius 3 is 2.83 bits per heavy atom. The zero-order chi connectivity index (χ0) is 13.2. The molecule has 0 aliphatic carbocycles. The van der Waals surface area contributed by atoms with Gasteiger partial charge in [0, 0.05) is 11.6 Å². The Labute approximate surface area is 103 Å². The SMILES string of the molecule is CS(=O)(=O)OCc1cc(-c2cccc(F)c2)no1. The van der Waals surface area contributed by atoms with Gasteiger partial charge in [0.05, 0.1) is 6.26 Å². The molecule has 0 bridgehead atoms. The largest absolute Gasteiger partial charge is 0.358 e. The number of hydrogen-bond acceptors (Lipinski definition) is 5. The minimum Gasteiger partial charge on any atom is -0.358 e. The van der Waals surface area contributed by atoms with Crippen molar-refractivity contribution in [3.8, 4) is 11.3 Å². The molecule has 0 aliphatic heterocycles. The van der Waals surface area contributed by atoms with Crippen molar-refractivity contribution in [3.63, 3.8) is 0 Å². The lowest BCUT2D eigenvalue weighted by atomic mass is 10.1. The predicted molar refractivity (Wildman–Crippen MR) is 61.5 cm³/mol. The van der Waals surface area contributed by atoms with Gasteiger partial charge in [-0.15, -0.1) is 0 Å². The van der Waals surface area contributed by atoms with Crippen molar-refractivity contribution in [2.24, 2.45) is 0 Å². The molecule has 0 spiro atoms. The van der Waals surface area contributed by atoms with E-state index in [9.17, 15) is 12.8 Å². The second kappa shape index (κ2) is 4.87. The molecule has 1 aromatic carbocycles. The minimum absolute atomic E-state index is 0.235. The standard InChI is InChI=1S/C11H10FNO4S/c1-18(14,15)16-7-10-6-11(13-17-10)8-3-2-4-9(12)5-8/h2-6H,7H2,1H3. The van der Waals surface area contributed by atoms with Crippen LogP contribution in [-0.2, 0) is 20.9 Å². The van der Waals surface area contributed by atoms with Crippen LogP contribution in [0.25, 0.3) is 11.3 Å². The van der Waals surface area contributed by atoms with Crippen molar-refractivity contribution < 1.29 is 21.5 Å². The first-order chi connectivity index (χ1) is 8.44. The van der Waals surface area contributed by atoms with Gasteiger partial charge in [-0.1, -0.05) is 17.3 Å². The van der Waals surface area contributed by atoms with Crippen molar-refractivity contribution >= 4 is 10.1 Å². The second-order valence-corrected chi connectivity index (χ2v) is 5.30. The smallest absolute Gasteiger partial charge is 0.264 e. The first-order valence-corrected chi connectivity index (χ1v) is 6.81. The molecule has 1 heterocycles. The normalized spacial score (nSPS) is 11.7. The molecule has 0 atom stereocenters. The van der Waals surface area contributed by atoms with Crippen LogP contribution in [0.2, 0.25) is 0 Å². The maximum absolute atomic E-state index is 13.0. The molecule has 1 aromatic heterocycles. The van der Waals surface area contributed by atoms with Gasteiger partial charge in [0.15, 0.2) is 5.76 Å². The van der Waals surface area contributed by atoms with Gasteiger partial charge in [-0.3, -0.25) is 4.18 Å². The third-order valence-electron chi connectivity index (χ3n) is 2.09. The van der Waals surface area contributed by atoms with Crippen LogP contribution in [0.3, 0.4) is 0 Å². The average molecular weight is 271 g/mol. The third-order valence-corrected chi connectivity index (χ3v) is 2.64. The van der Waals surface area contributed by atoms with Gasteiger partial charge in [-0.25, -0.2) is 4.39 Å². The van der Waals surface area contributed by atoms with E-state index >= 15 is 0 Å². The summed E-state index contributed by atoms with van der Waals surface area (Å²) in [5.41, 5.74) is 0.964. The Kier molecular flexibility index (Phi) is 3.44. The second-order valence-electron chi connectivity index (χ2n) is 3.66. The number of nitrogens with zero attached hydrogens (tertiary/aromatic N) is 1. The van der Waals surface area contributed by atoms with Crippen LogP contribution < -0.4 is 0 Å². The fourth-order valence-corrected chi connectivity index (χ4v) is 1.66. The summed E-state index contributed by atoms with van der Waals surface area (Å²) in [7, 11) is -3.53. The van der Waals surface area contributed by atoms with Crippen LogP contribution in [0.15, 0.2) is 34.9 Å². The number of rotatable bonds is 4. The first-order valence-electron chi connectivity index (χ1n) is 5.00. The molecule has 0 N–H and O–H groups in total. The van der Waals surface area contributed by atoms with E-state index in [4.69, 9.17) is 4.52 Å². The van der Waals surface area contributed by atoms with E-state index in [1.807, 2.05) is 0 Å². The van der Waals surface area contributed by atoms with E-state index < -0.39 is 10.1 Å². The summed E-state index contributed by atoms with van der Waals surface area (Å²) in [5.74, 6) is -0.135. The molecule has 7 heteroatoms. The van der Waals surface area contributed by atoms with E-state index in [1.165, 1.54) is 18.2 Å². The van der Waals surface area contributed by atoms with Crippen LogP contribution in [0.1, 0.15) is 5.76 Å². The van der Waals surface area contributed by atoms with Gasteiger partial charge in [-0.05, 0) is 12.1 Å². The number of halogens is 1. The lowest BCUT2D eigenvalue weighted by Gasteiger charge is -1.95. The number of aromatic nitrogens is 1. The lowest BCUT2D eigenvalue weighted by Crippen LogP contribution is -2.01. The summed E-state index contributed by atoms with van der Waals surface area (Å²) >= 11 is 0. The summed E-state index contributed by atoms with van der Waals surface area (Å²) in [6.45, 7) is -0.235. The van der Waals surface area contributed by atoms with Gasteiger partial charge in [-0.2, -0.15) is 8.42 Å². The highest BCUT2D eigenvalue weighted by Gasteiger charge is 2.10. The van der Waals surface area contributed by atoms with Crippen molar-refractivity contribution in [2.75, 3.05) is 6.26 Å².